The van der Waals surface area contributed by atoms with Crippen LogP contribution in [-0.4, -0.2) is 111 Å². The first-order chi connectivity index (χ1) is 31.3. The van der Waals surface area contributed by atoms with Crippen LogP contribution < -0.4 is 10.6 Å². The zero-order chi connectivity index (χ0) is 48.0. The number of aromatic nitrogens is 1. The standard InChI is InChI=1S/C50H64F2N6O7S/c1-49(2,3)47(41-28-37(39-29-38(51)19-20-40(39)52)33-56(41)30-35-14-9-7-10-15-35)58(32-36-21-26-55(31-36)48(64)65-50(4,5)6)46(63)34-66-27-22-43(60)54-24-23-53-42(59)16-11-8-12-25-57-44(61)17-13-18-45(57)62/h7,9-10,14-15,19-20,28-29,33,36,47H,8,11-12,16-17,21-27,30-32,34H2,1-6H3,(H,53,59)(H,54,60)/t36?,47-/m0/s1. The number of benzene rings is 2. The third kappa shape index (κ3) is 15.5. The van der Waals surface area contributed by atoms with Crippen LogP contribution in [0.3, 0.4) is 0 Å². The summed E-state index contributed by atoms with van der Waals surface area (Å²) in [5, 5.41) is 5.61. The number of rotatable bonds is 21. The van der Waals surface area contributed by atoms with E-state index in [1.807, 2.05) is 93.6 Å². The van der Waals surface area contributed by atoms with Crippen molar-refractivity contribution in [3.05, 3.63) is 83.7 Å². The Morgan fingerprint density at radius 3 is 2.32 bits per heavy atom. The highest BCUT2D eigenvalue weighted by molar-refractivity contribution is 7.99. The van der Waals surface area contributed by atoms with E-state index in [1.54, 1.807) is 4.90 Å². The number of imide groups is 1. The zero-order valence-corrected chi connectivity index (χ0v) is 39.9. The van der Waals surface area contributed by atoms with E-state index in [0.29, 0.717) is 63.2 Å². The van der Waals surface area contributed by atoms with E-state index in [-0.39, 0.29) is 79.8 Å². The molecule has 2 atom stereocenters. The molecule has 0 spiro atoms. The van der Waals surface area contributed by atoms with Crippen molar-refractivity contribution in [2.24, 2.45) is 11.3 Å². The molecule has 1 aromatic heterocycles. The second-order valence-corrected chi connectivity index (χ2v) is 20.0. The van der Waals surface area contributed by atoms with Crippen LogP contribution in [0.4, 0.5) is 13.6 Å². The van der Waals surface area contributed by atoms with Crippen molar-refractivity contribution < 1.29 is 42.3 Å². The Hall–Kier alpha value is -5.69. The van der Waals surface area contributed by atoms with Crippen LogP contribution >= 0.6 is 11.8 Å². The maximum atomic E-state index is 15.3. The van der Waals surface area contributed by atoms with Crippen molar-refractivity contribution in [1.82, 2.24) is 29.9 Å². The Morgan fingerprint density at radius 2 is 1.64 bits per heavy atom. The number of hydrogen-bond acceptors (Lipinski definition) is 8. The summed E-state index contributed by atoms with van der Waals surface area (Å²) in [6.45, 7) is 14.0. The number of likely N-dealkylation sites (tertiary alicyclic amines) is 1. The molecule has 0 bridgehead atoms. The number of nitrogens with one attached hydrogen (secondary N) is 2. The average molecular weight is 931 g/mol. The van der Waals surface area contributed by atoms with Crippen LogP contribution in [0.5, 0.6) is 0 Å². The van der Waals surface area contributed by atoms with Crippen LogP contribution in [0, 0.1) is 34.8 Å². The minimum absolute atomic E-state index is 0.0427. The molecule has 0 aliphatic carbocycles. The van der Waals surface area contributed by atoms with Gasteiger partial charge in [-0.05, 0) is 87.1 Å². The summed E-state index contributed by atoms with van der Waals surface area (Å²) in [4.78, 5) is 81.2. The van der Waals surface area contributed by atoms with E-state index in [1.165, 1.54) is 17.8 Å². The first-order valence-electron chi connectivity index (χ1n) is 22.7. The van der Waals surface area contributed by atoms with E-state index < -0.39 is 40.7 Å². The van der Waals surface area contributed by atoms with E-state index >= 15 is 4.39 Å². The molecule has 356 valence electrons. The molecule has 16 heteroatoms. The maximum absolute atomic E-state index is 15.3. The Labute approximate surface area is 391 Å². The number of hydrogen-bond donors (Lipinski definition) is 2. The van der Waals surface area contributed by atoms with Gasteiger partial charge in [0, 0.05) is 87.4 Å². The normalized spacial score (nSPS) is 15.5. The van der Waals surface area contributed by atoms with E-state index in [4.69, 9.17) is 4.74 Å². The minimum atomic E-state index is -0.664. The van der Waals surface area contributed by atoms with Gasteiger partial charge in [-0.3, -0.25) is 28.9 Å². The molecule has 1 unspecified atom stereocenters. The van der Waals surface area contributed by atoms with E-state index in [2.05, 4.69) is 22.5 Å². The molecule has 0 radical (unpaired) electrons. The highest BCUT2D eigenvalue weighted by Crippen LogP contribution is 2.42. The van der Waals surface area contributed by atoms with Crippen molar-refractivity contribution >= 4 is 47.4 Å². The minimum Gasteiger partial charge on any atom is -0.444 e. The Morgan fingerprint density at radius 1 is 0.924 bits per heavy atom. The van der Waals surface area contributed by atoms with Gasteiger partial charge in [0.2, 0.25) is 23.6 Å². The molecule has 2 aromatic carbocycles. The van der Waals surface area contributed by atoms with Crippen molar-refractivity contribution in [3.63, 3.8) is 0 Å². The molecular formula is C50H64F2N6O7S. The van der Waals surface area contributed by atoms with Gasteiger partial charge in [-0.15, -0.1) is 0 Å². The van der Waals surface area contributed by atoms with Crippen LogP contribution in [-0.2, 0) is 35.3 Å². The van der Waals surface area contributed by atoms with Gasteiger partial charge < -0.3 is 29.7 Å². The summed E-state index contributed by atoms with van der Waals surface area (Å²) in [6.07, 6.45) is 4.37. The zero-order valence-electron chi connectivity index (χ0n) is 39.1. The lowest BCUT2D eigenvalue weighted by atomic mass is 9.82. The molecule has 3 aromatic rings. The molecule has 2 aliphatic heterocycles. The number of unbranched alkanes of at least 4 members (excludes halogenated alkanes) is 2. The Bertz CT molecular complexity index is 2260. The topological polar surface area (TPSA) is 150 Å². The molecule has 1 saturated heterocycles. The summed E-state index contributed by atoms with van der Waals surface area (Å²) in [5.74, 6) is 2.83. The fraction of sp³-hybridized carbons (Fsp3) is 0.520. The summed E-state index contributed by atoms with van der Waals surface area (Å²) >= 11 is 1.34. The Balaban J connectivity index is 1.22. The number of ether oxygens (including phenoxy) is 1. The lowest BCUT2D eigenvalue weighted by Crippen LogP contribution is -2.46. The molecule has 66 heavy (non-hydrogen) atoms. The van der Waals surface area contributed by atoms with Gasteiger partial charge in [0.15, 0.2) is 0 Å². The van der Waals surface area contributed by atoms with Gasteiger partial charge >= 0.3 is 12.0 Å². The molecule has 5 rings (SSSR count). The SMILES string of the molecule is CC(C)(C)OC(=O)N1CCC(CN(C(=O)CSCCC(=O)NCCNC(=O)CCCCCN2C(=O)C#CCC2=O)[C@@H](c2cc(-c3cc(F)ccc3F)cn2Cc2ccccc2)C(C)(C)C)C1. The summed E-state index contributed by atoms with van der Waals surface area (Å²) in [6, 6.07) is 14.5. The lowest BCUT2D eigenvalue weighted by Gasteiger charge is -2.42. The van der Waals surface area contributed by atoms with Crippen LogP contribution in [0.2, 0.25) is 0 Å². The molecule has 3 heterocycles. The summed E-state index contributed by atoms with van der Waals surface area (Å²) in [5.41, 5.74) is 1.09. The van der Waals surface area contributed by atoms with E-state index in [0.717, 1.165) is 28.3 Å². The van der Waals surface area contributed by atoms with Crippen molar-refractivity contribution in [2.75, 3.05) is 50.8 Å². The predicted octanol–water partition coefficient (Wildman–Crippen LogP) is 7.33. The van der Waals surface area contributed by atoms with Crippen molar-refractivity contribution in [3.8, 4) is 23.0 Å². The summed E-state index contributed by atoms with van der Waals surface area (Å²) < 4.78 is 37.6. The van der Waals surface area contributed by atoms with Crippen molar-refractivity contribution in [2.45, 2.75) is 105 Å². The second kappa shape index (κ2) is 23.7. The van der Waals surface area contributed by atoms with Gasteiger partial charge in [-0.2, -0.15) is 11.8 Å². The van der Waals surface area contributed by atoms with Crippen LogP contribution in [0.1, 0.15) is 104 Å². The number of amides is 6. The molecule has 2 aliphatic rings. The van der Waals surface area contributed by atoms with Gasteiger partial charge in [-0.1, -0.05) is 63.4 Å². The predicted molar refractivity (Wildman–Crippen MR) is 251 cm³/mol. The lowest BCUT2D eigenvalue weighted by molar-refractivity contribution is -0.141. The quantitative estimate of drug-likeness (QED) is 0.0641. The third-order valence-corrected chi connectivity index (χ3v) is 12.2. The monoisotopic (exact) mass is 930 g/mol. The van der Waals surface area contributed by atoms with Crippen LogP contribution in [0.15, 0.2) is 60.8 Å². The molecule has 0 saturated carbocycles. The van der Waals surface area contributed by atoms with Gasteiger partial charge in [0.05, 0.1) is 18.2 Å². The summed E-state index contributed by atoms with van der Waals surface area (Å²) in [7, 11) is 0. The van der Waals surface area contributed by atoms with Crippen LogP contribution in [0.25, 0.3) is 11.1 Å². The number of thioether (sulfide) groups is 1. The molecular weight excluding hydrogens is 867 g/mol. The fourth-order valence-corrected chi connectivity index (χ4v) is 8.95. The van der Waals surface area contributed by atoms with Gasteiger partial charge in [-0.25, -0.2) is 13.6 Å². The van der Waals surface area contributed by atoms with Gasteiger partial charge in [0.1, 0.15) is 17.2 Å². The maximum Gasteiger partial charge on any atom is 0.410 e. The van der Waals surface area contributed by atoms with Gasteiger partial charge in [0.25, 0.3) is 0 Å². The first-order valence-corrected chi connectivity index (χ1v) is 23.9. The number of carbonyl (C=O) groups is 6. The number of carbonyl (C=O) groups excluding carboxylic acids is 6. The van der Waals surface area contributed by atoms with E-state index in [9.17, 15) is 33.2 Å². The second-order valence-electron chi connectivity index (χ2n) is 18.9. The Kier molecular flexibility index (Phi) is 18.4. The van der Waals surface area contributed by atoms with Crippen molar-refractivity contribution in [1.29, 1.82) is 0 Å². The highest BCUT2D eigenvalue weighted by Gasteiger charge is 2.40. The highest BCUT2D eigenvalue weighted by atomic mass is 32.2. The smallest absolute Gasteiger partial charge is 0.410 e. The average Bonchev–Trinajstić information content (AvgIpc) is 3.89. The third-order valence-electron chi connectivity index (χ3n) is 11.2. The molecule has 1 fully saturated rings. The number of halogens is 2. The molecule has 13 nitrogen and oxygen atoms in total. The molecule has 6 amide bonds. The fourth-order valence-electron chi connectivity index (χ4n) is 8.13. The molecule has 2 N–H and O–H groups in total. The number of nitrogens with zero attached hydrogens (tertiary/aromatic N) is 4. The largest absolute Gasteiger partial charge is 0.444 e. The first kappa shape index (κ1) is 51.3.